The molecule has 0 aromatic rings. The molecule has 0 bridgehead atoms. The van der Waals surface area contributed by atoms with E-state index in [1.807, 2.05) is 0 Å². The number of hydrogen-bond acceptors (Lipinski definition) is 11. The lowest BCUT2D eigenvalue weighted by Crippen LogP contribution is -2.61. The van der Waals surface area contributed by atoms with Crippen LogP contribution in [0, 0.1) is 5.92 Å². The van der Waals surface area contributed by atoms with Crippen LogP contribution in [-0.4, -0.2) is 111 Å². The molecule has 5 N–H and O–H groups in total. The Morgan fingerprint density at radius 2 is 1.84 bits per heavy atom. The van der Waals surface area contributed by atoms with Gasteiger partial charge in [0.1, 0.15) is 30.4 Å². The highest BCUT2D eigenvalue weighted by atomic mass is 16.7. The van der Waals surface area contributed by atoms with E-state index in [2.05, 4.69) is 5.32 Å². The molecule has 3 fully saturated rings. The number of ether oxygens (including phenoxy) is 3. The number of carboxylic acids is 1. The number of carboxylic acid groups (broad SMARTS) is 1. The molecule has 216 valence electrons. The first-order valence-electron chi connectivity index (χ1n) is 15.0. The van der Waals surface area contributed by atoms with Crippen LogP contribution in [0.2, 0.25) is 0 Å². The molecule has 10 atom stereocenters. The standard InChI is InChI=1S/C25H40N2O11/c1-4-8-14(23(34)36-5-2)26-12(3)21(31)27-15-10-7-6-9-13(15)11-16(27)24(35)38-25-19(30)17(28)18(29)20(37-25)22(32)33/h12-20,25-26,28-30H,4-11H2,1-3H3,(H,32,33)/t12?,13-,14-,15-,16-,17-,18-,19+,20-,25-/m0/s1/i3D3,12D. The van der Waals surface area contributed by atoms with E-state index in [4.69, 9.17) is 19.7 Å². The lowest BCUT2D eigenvalue weighted by molar-refractivity contribution is -0.287. The number of esters is 2. The molecule has 3 aliphatic rings. The van der Waals surface area contributed by atoms with Gasteiger partial charge in [0.15, 0.2) is 6.10 Å². The van der Waals surface area contributed by atoms with Gasteiger partial charge >= 0.3 is 17.9 Å². The maximum Gasteiger partial charge on any atom is 0.335 e. The van der Waals surface area contributed by atoms with Crippen molar-refractivity contribution in [2.75, 3.05) is 6.61 Å². The highest BCUT2D eigenvalue weighted by Gasteiger charge is 2.52. The molecule has 13 heteroatoms. The van der Waals surface area contributed by atoms with Gasteiger partial charge in [-0.25, -0.2) is 9.59 Å². The van der Waals surface area contributed by atoms with Crippen LogP contribution in [0.5, 0.6) is 0 Å². The van der Waals surface area contributed by atoms with Gasteiger partial charge in [-0.3, -0.25) is 14.9 Å². The van der Waals surface area contributed by atoms with Gasteiger partial charge in [0.25, 0.3) is 0 Å². The first kappa shape index (κ1) is 24.7. The monoisotopic (exact) mass is 548 g/mol. The van der Waals surface area contributed by atoms with E-state index in [1.54, 1.807) is 13.8 Å². The van der Waals surface area contributed by atoms with Crippen molar-refractivity contribution in [3.05, 3.63) is 0 Å². The van der Waals surface area contributed by atoms with E-state index in [1.165, 1.54) is 0 Å². The maximum absolute atomic E-state index is 14.1. The number of likely N-dealkylation sites (tertiary alicyclic amines) is 1. The summed E-state index contributed by atoms with van der Waals surface area (Å²) in [4.78, 5) is 52.6. The molecule has 3 rings (SSSR count). The number of aliphatic carboxylic acids is 1. The third-order valence-electron chi connectivity index (χ3n) is 7.32. The zero-order valence-electron chi connectivity index (χ0n) is 25.4. The smallest absolute Gasteiger partial charge is 0.335 e. The van der Waals surface area contributed by atoms with Crippen LogP contribution in [0.4, 0.5) is 0 Å². The molecule has 0 spiro atoms. The van der Waals surface area contributed by atoms with Crippen LogP contribution in [0.3, 0.4) is 0 Å². The van der Waals surface area contributed by atoms with Gasteiger partial charge in [-0.05, 0) is 45.4 Å². The van der Waals surface area contributed by atoms with Crippen molar-refractivity contribution in [1.82, 2.24) is 10.2 Å². The van der Waals surface area contributed by atoms with Gasteiger partial charge in [0, 0.05) is 10.2 Å². The SMILES string of the molecule is [2H]C([2H])([2H])C([2H])(N[C@@H](CCC)C(=O)OCC)C(=O)N1[C@H](C(=O)O[C@@H]2O[C@H](C(=O)O)[C@@H](O)[C@H](O)[C@H]2O)C[C@@H]2CCCC[C@@H]21. The number of aliphatic hydroxyl groups is 3. The Morgan fingerprint density at radius 1 is 1.13 bits per heavy atom. The van der Waals surface area contributed by atoms with Crippen LogP contribution in [-0.2, 0) is 33.4 Å². The molecule has 0 radical (unpaired) electrons. The normalized spacial score (nSPS) is 37.3. The summed E-state index contributed by atoms with van der Waals surface area (Å²) in [5, 5.41) is 42.0. The average molecular weight is 549 g/mol. The van der Waals surface area contributed by atoms with E-state index < -0.39 is 85.5 Å². The number of nitrogens with zero attached hydrogens (tertiary/aromatic N) is 1. The van der Waals surface area contributed by atoms with E-state index in [0.717, 1.165) is 11.3 Å². The third kappa shape index (κ3) is 6.45. The second kappa shape index (κ2) is 13.2. The van der Waals surface area contributed by atoms with Crippen LogP contribution in [0.1, 0.15) is 71.1 Å². The molecular weight excluding hydrogens is 504 g/mol. The summed E-state index contributed by atoms with van der Waals surface area (Å²) in [6.07, 6.45) is -7.24. The highest BCUT2D eigenvalue weighted by Crippen LogP contribution is 2.41. The summed E-state index contributed by atoms with van der Waals surface area (Å²) in [5.41, 5.74) is 0. The number of fused-ring (bicyclic) bond motifs is 1. The number of hydrogen-bond donors (Lipinski definition) is 5. The van der Waals surface area contributed by atoms with Crippen molar-refractivity contribution in [3.63, 3.8) is 0 Å². The van der Waals surface area contributed by atoms with Crippen molar-refractivity contribution in [2.24, 2.45) is 5.92 Å². The minimum absolute atomic E-state index is 0.0131. The van der Waals surface area contributed by atoms with Crippen molar-refractivity contribution in [3.8, 4) is 0 Å². The van der Waals surface area contributed by atoms with Gasteiger partial charge in [0.05, 0.1) is 14.0 Å². The molecule has 1 aliphatic carbocycles. The summed E-state index contributed by atoms with van der Waals surface area (Å²) in [6.45, 7) is -0.0383. The zero-order chi connectivity index (χ0) is 31.6. The van der Waals surface area contributed by atoms with E-state index in [-0.39, 0.29) is 25.4 Å². The molecule has 2 aliphatic heterocycles. The first-order chi connectivity index (χ1) is 19.6. The van der Waals surface area contributed by atoms with Gasteiger partial charge in [-0.15, -0.1) is 0 Å². The lowest BCUT2D eigenvalue weighted by Gasteiger charge is -2.39. The summed E-state index contributed by atoms with van der Waals surface area (Å²) in [6, 6.07) is -6.46. The molecule has 38 heavy (non-hydrogen) atoms. The fraction of sp³-hybridized carbons (Fsp3) is 0.840. The Labute approximate surface area is 227 Å². The highest BCUT2D eigenvalue weighted by molar-refractivity contribution is 5.89. The maximum atomic E-state index is 14.1. The number of carbonyl (C=O) groups is 4. The first-order valence-corrected chi connectivity index (χ1v) is 13.0. The number of amides is 1. The second-order valence-corrected chi connectivity index (χ2v) is 9.86. The van der Waals surface area contributed by atoms with Crippen LogP contribution in [0.25, 0.3) is 0 Å². The minimum atomic E-state index is -3.30. The molecule has 1 saturated carbocycles. The summed E-state index contributed by atoms with van der Waals surface area (Å²) in [5.74, 6) is -5.25. The van der Waals surface area contributed by atoms with Gasteiger partial charge < -0.3 is 39.5 Å². The molecule has 0 aromatic heterocycles. The van der Waals surface area contributed by atoms with E-state index >= 15 is 0 Å². The third-order valence-corrected chi connectivity index (χ3v) is 7.32. The van der Waals surface area contributed by atoms with E-state index in [9.17, 15) is 39.6 Å². The predicted octanol–water partition coefficient (Wildman–Crippen LogP) is -0.709. The molecule has 2 heterocycles. The molecule has 2 saturated heterocycles. The van der Waals surface area contributed by atoms with Crippen molar-refractivity contribution < 1.29 is 59.3 Å². The van der Waals surface area contributed by atoms with Crippen molar-refractivity contribution >= 4 is 23.8 Å². The Morgan fingerprint density at radius 3 is 2.47 bits per heavy atom. The minimum Gasteiger partial charge on any atom is -0.479 e. The Bertz CT molecular complexity index is 1020. The number of nitrogens with one attached hydrogen (secondary N) is 1. The fourth-order valence-electron chi connectivity index (χ4n) is 5.45. The molecule has 1 unspecified atom stereocenters. The van der Waals surface area contributed by atoms with Gasteiger partial charge in [-0.2, -0.15) is 0 Å². The fourth-order valence-corrected chi connectivity index (χ4v) is 5.45. The summed E-state index contributed by atoms with van der Waals surface area (Å²) in [7, 11) is 0. The topological polar surface area (TPSA) is 192 Å². The van der Waals surface area contributed by atoms with Gasteiger partial charge in [0.2, 0.25) is 12.2 Å². The average Bonchev–Trinajstić information content (AvgIpc) is 3.31. The van der Waals surface area contributed by atoms with E-state index in [0.29, 0.717) is 25.7 Å². The summed E-state index contributed by atoms with van der Waals surface area (Å²) < 4.78 is 48.5. The molecule has 0 aromatic carbocycles. The van der Waals surface area contributed by atoms with Crippen LogP contribution >= 0.6 is 0 Å². The number of carbonyl (C=O) groups excluding carboxylic acids is 3. The zero-order valence-corrected chi connectivity index (χ0v) is 21.4. The van der Waals surface area contributed by atoms with Crippen molar-refractivity contribution in [2.45, 2.75) is 120 Å². The molecule has 13 nitrogen and oxygen atoms in total. The molecular formula is C25H40N2O11. The van der Waals surface area contributed by atoms with Crippen LogP contribution < -0.4 is 5.32 Å². The Kier molecular flexibility index (Phi) is 8.55. The predicted molar refractivity (Wildman–Crippen MR) is 129 cm³/mol. The quantitative estimate of drug-likeness (QED) is 0.216. The largest absolute Gasteiger partial charge is 0.479 e. The van der Waals surface area contributed by atoms with Crippen LogP contribution in [0.15, 0.2) is 0 Å². The number of aliphatic hydroxyl groups excluding tert-OH is 3. The Balaban J connectivity index is 1.95. The second-order valence-electron chi connectivity index (χ2n) is 9.86. The van der Waals surface area contributed by atoms with Gasteiger partial charge in [-0.1, -0.05) is 26.2 Å². The molecule has 1 amide bonds. The summed E-state index contributed by atoms with van der Waals surface area (Å²) >= 11 is 0. The number of rotatable bonds is 10. The van der Waals surface area contributed by atoms with Crippen molar-refractivity contribution in [1.29, 1.82) is 0 Å². The Hall–Kier alpha value is -2.32. The lowest BCUT2D eigenvalue weighted by atomic mass is 9.84.